The van der Waals surface area contributed by atoms with Crippen molar-refractivity contribution >= 4 is 0 Å². The molecule has 1 N–H and O–H groups in total. The number of nitrogens with one attached hydrogen (secondary N) is 1. The molecule has 3 rings (SSSR count). The van der Waals surface area contributed by atoms with Crippen LogP contribution in [0.4, 0.5) is 0 Å². The van der Waals surface area contributed by atoms with E-state index in [1.807, 2.05) is 0 Å². The third-order valence-corrected chi connectivity index (χ3v) is 4.11. The highest BCUT2D eigenvalue weighted by Gasteiger charge is 2.20. The molecule has 19 heavy (non-hydrogen) atoms. The molecule has 0 bridgehead atoms. The van der Waals surface area contributed by atoms with Crippen molar-refractivity contribution in [2.75, 3.05) is 32.9 Å². The van der Waals surface area contributed by atoms with E-state index in [1.165, 1.54) is 24.0 Å². The van der Waals surface area contributed by atoms with Crippen LogP contribution in [0.3, 0.4) is 0 Å². The SMILES string of the molecule is c1ccc2c(c1)CCOC2CNCC1CCCOC1. The van der Waals surface area contributed by atoms with Crippen molar-refractivity contribution in [2.45, 2.75) is 25.4 Å². The monoisotopic (exact) mass is 261 g/mol. The highest BCUT2D eigenvalue weighted by atomic mass is 16.5. The largest absolute Gasteiger partial charge is 0.381 e. The summed E-state index contributed by atoms with van der Waals surface area (Å²) >= 11 is 0. The molecule has 2 aliphatic rings. The Morgan fingerprint density at radius 1 is 1.16 bits per heavy atom. The van der Waals surface area contributed by atoms with E-state index in [1.54, 1.807) is 0 Å². The van der Waals surface area contributed by atoms with Crippen LogP contribution >= 0.6 is 0 Å². The van der Waals surface area contributed by atoms with E-state index in [-0.39, 0.29) is 6.10 Å². The summed E-state index contributed by atoms with van der Waals surface area (Å²) in [6.45, 7) is 4.65. The maximum atomic E-state index is 5.90. The molecule has 0 aliphatic carbocycles. The lowest BCUT2D eigenvalue weighted by Crippen LogP contribution is -2.33. The minimum atomic E-state index is 0.217. The Kier molecular flexibility index (Phi) is 4.49. The van der Waals surface area contributed by atoms with Crippen LogP contribution in [0.15, 0.2) is 24.3 Å². The molecule has 3 heteroatoms. The molecule has 2 atom stereocenters. The first-order valence-corrected chi connectivity index (χ1v) is 7.41. The quantitative estimate of drug-likeness (QED) is 0.902. The van der Waals surface area contributed by atoms with Gasteiger partial charge in [-0.1, -0.05) is 24.3 Å². The van der Waals surface area contributed by atoms with E-state index in [9.17, 15) is 0 Å². The average Bonchev–Trinajstić information content (AvgIpc) is 2.49. The van der Waals surface area contributed by atoms with Crippen molar-refractivity contribution in [1.82, 2.24) is 5.32 Å². The van der Waals surface area contributed by atoms with Gasteiger partial charge in [0.05, 0.1) is 19.3 Å². The van der Waals surface area contributed by atoms with Gasteiger partial charge in [0.15, 0.2) is 0 Å². The van der Waals surface area contributed by atoms with Crippen LogP contribution in [0, 0.1) is 5.92 Å². The smallest absolute Gasteiger partial charge is 0.0952 e. The zero-order valence-corrected chi connectivity index (χ0v) is 11.4. The summed E-state index contributed by atoms with van der Waals surface area (Å²) in [5.74, 6) is 0.674. The van der Waals surface area contributed by atoms with Gasteiger partial charge in [0.25, 0.3) is 0 Å². The fraction of sp³-hybridized carbons (Fsp3) is 0.625. The third kappa shape index (κ3) is 3.35. The number of fused-ring (bicyclic) bond motifs is 1. The Hall–Kier alpha value is -0.900. The van der Waals surface area contributed by atoms with Gasteiger partial charge in [0.1, 0.15) is 0 Å². The second-order valence-corrected chi connectivity index (χ2v) is 5.55. The highest BCUT2D eigenvalue weighted by Crippen LogP contribution is 2.26. The normalized spacial score (nSPS) is 26.9. The number of hydrogen-bond acceptors (Lipinski definition) is 3. The molecular formula is C16H23NO2. The third-order valence-electron chi connectivity index (χ3n) is 4.11. The first-order chi connectivity index (χ1) is 9.43. The zero-order chi connectivity index (χ0) is 12.9. The molecule has 2 unspecified atom stereocenters. The molecule has 3 nitrogen and oxygen atoms in total. The van der Waals surface area contributed by atoms with Gasteiger partial charge in [-0.25, -0.2) is 0 Å². The first-order valence-electron chi connectivity index (χ1n) is 7.41. The van der Waals surface area contributed by atoms with Crippen molar-refractivity contribution in [2.24, 2.45) is 5.92 Å². The number of rotatable bonds is 4. The van der Waals surface area contributed by atoms with E-state index in [0.717, 1.165) is 39.3 Å². The summed E-state index contributed by atoms with van der Waals surface area (Å²) in [5, 5.41) is 3.56. The summed E-state index contributed by atoms with van der Waals surface area (Å²) in [6, 6.07) is 8.65. The predicted molar refractivity (Wildman–Crippen MR) is 75.3 cm³/mol. The summed E-state index contributed by atoms with van der Waals surface area (Å²) in [5.41, 5.74) is 2.81. The Morgan fingerprint density at radius 2 is 2.11 bits per heavy atom. The van der Waals surface area contributed by atoms with Crippen molar-refractivity contribution in [3.8, 4) is 0 Å². The molecule has 2 heterocycles. The molecule has 1 saturated heterocycles. The molecule has 1 aromatic rings. The van der Waals surface area contributed by atoms with Crippen LogP contribution in [0.2, 0.25) is 0 Å². The summed E-state index contributed by atoms with van der Waals surface area (Å²) in [7, 11) is 0. The molecule has 0 saturated carbocycles. The van der Waals surface area contributed by atoms with Crippen LogP contribution in [-0.4, -0.2) is 32.9 Å². The maximum Gasteiger partial charge on any atom is 0.0952 e. The number of hydrogen-bond donors (Lipinski definition) is 1. The average molecular weight is 261 g/mol. The van der Waals surface area contributed by atoms with Crippen LogP contribution in [0.5, 0.6) is 0 Å². The van der Waals surface area contributed by atoms with Crippen LogP contribution in [0.1, 0.15) is 30.1 Å². The molecule has 1 fully saturated rings. The van der Waals surface area contributed by atoms with Gasteiger partial charge in [-0.15, -0.1) is 0 Å². The van der Waals surface area contributed by atoms with E-state index < -0.39 is 0 Å². The minimum absolute atomic E-state index is 0.217. The fourth-order valence-corrected chi connectivity index (χ4v) is 3.03. The zero-order valence-electron chi connectivity index (χ0n) is 11.4. The Balaban J connectivity index is 1.50. The lowest BCUT2D eigenvalue weighted by Gasteiger charge is -2.28. The van der Waals surface area contributed by atoms with Gasteiger partial charge in [-0.3, -0.25) is 0 Å². The van der Waals surface area contributed by atoms with Crippen molar-refractivity contribution in [3.05, 3.63) is 35.4 Å². The summed E-state index contributed by atoms with van der Waals surface area (Å²) in [4.78, 5) is 0. The van der Waals surface area contributed by atoms with Crippen LogP contribution in [0.25, 0.3) is 0 Å². The summed E-state index contributed by atoms with van der Waals surface area (Å²) < 4.78 is 11.4. The molecule has 0 radical (unpaired) electrons. The minimum Gasteiger partial charge on any atom is -0.381 e. The summed E-state index contributed by atoms with van der Waals surface area (Å²) in [6.07, 6.45) is 3.75. The Morgan fingerprint density at radius 3 is 3.00 bits per heavy atom. The van der Waals surface area contributed by atoms with E-state index in [4.69, 9.17) is 9.47 Å². The van der Waals surface area contributed by atoms with Gasteiger partial charge >= 0.3 is 0 Å². The lowest BCUT2D eigenvalue weighted by atomic mass is 9.97. The van der Waals surface area contributed by atoms with Gasteiger partial charge < -0.3 is 14.8 Å². The number of benzene rings is 1. The molecule has 1 aromatic carbocycles. The number of ether oxygens (including phenoxy) is 2. The molecule has 104 valence electrons. The first kappa shape index (κ1) is 13.1. The van der Waals surface area contributed by atoms with Crippen LogP contribution < -0.4 is 5.32 Å². The predicted octanol–water partition coefficient (Wildman–Crippen LogP) is 2.32. The van der Waals surface area contributed by atoms with E-state index in [2.05, 4.69) is 29.6 Å². The molecule has 0 aromatic heterocycles. The topological polar surface area (TPSA) is 30.5 Å². The molecule has 0 amide bonds. The standard InChI is InChI=1S/C16H23NO2/c1-2-6-15-14(5-1)7-9-19-16(15)11-17-10-13-4-3-8-18-12-13/h1-2,5-6,13,16-17H,3-4,7-12H2. The Labute approximate surface area is 115 Å². The van der Waals surface area contributed by atoms with Gasteiger partial charge in [-0.2, -0.15) is 0 Å². The molecule has 0 spiro atoms. The van der Waals surface area contributed by atoms with Gasteiger partial charge in [0.2, 0.25) is 0 Å². The van der Waals surface area contributed by atoms with E-state index in [0.29, 0.717) is 5.92 Å². The maximum absolute atomic E-state index is 5.90. The molecular weight excluding hydrogens is 238 g/mol. The van der Waals surface area contributed by atoms with Crippen molar-refractivity contribution < 1.29 is 9.47 Å². The Bertz CT molecular complexity index is 401. The van der Waals surface area contributed by atoms with E-state index >= 15 is 0 Å². The van der Waals surface area contributed by atoms with Crippen molar-refractivity contribution in [1.29, 1.82) is 0 Å². The second kappa shape index (κ2) is 6.51. The highest BCUT2D eigenvalue weighted by molar-refractivity contribution is 5.31. The molecule has 2 aliphatic heterocycles. The fourth-order valence-electron chi connectivity index (χ4n) is 3.03. The van der Waals surface area contributed by atoms with Gasteiger partial charge in [-0.05, 0) is 36.3 Å². The second-order valence-electron chi connectivity index (χ2n) is 5.55. The van der Waals surface area contributed by atoms with Crippen LogP contribution in [-0.2, 0) is 15.9 Å². The van der Waals surface area contributed by atoms with Crippen molar-refractivity contribution in [3.63, 3.8) is 0 Å². The van der Waals surface area contributed by atoms with Gasteiger partial charge in [0, 0.05) is 19.7 Å². The lowest BCUT2D eigenvalue weighted by molar-refractivity contribution is 0.0342.